The van der Waals surface area contributed by atoms with E-state index < -0.39 is 32.5 Å². The van der Waals surface area contributed by atoms with Crippen LogP contribution in [0.4, 0.5) is 0 Å². The zero-order chi connectivity index (χ0) is 38.7. The summed E-state index contributed by atoms with van der Waals surface area (Å²) in [7, 11) is -4.40. The van der Waals surface area contributed by atoms with E-state index in [9.17, 15) is 19.0 Å². The maximum Gasteiger partial charge on any atom is 0.472 e. The van der Waals surface area contributed by atoms with E-state index in [0.29, 0.717) is 18.6 Å². The van der Waals surface area contributed by atoms with Gasteiger partial charge in [0.1, 0.15) is 6.61 Å². The molecule has 1 fully saturated rings. The third-order valence-electron chi connectivity index (χ3n) is 8.58. The summed E-state index contributed by atoms with van der Waals surface area (Å²) in [5, 5.41) is 0. The minimum atomic E-state index is -4.40. The Labute approximate surface area is 321 Å². The second-order valence-corrected chi connectivity index (χ2v) is 15.0. The number of unbranched alkanes of at least 4 members (excludes halogenated alkanes) is 11. The highest BCUT2D eigenvalue weighted by atomic mass is 31.2. The van der Waals surface area contributed by atoms with Crippen LogP contribution in [0.5, 0.6) is 0 Å². The number of esters is 2. The first kappa shape index (κ1) is 48.7. The summed E-state index contributed by atoms with van der Waals surface area (Å²) in [6.07, 6.45) is 41.6. The number of ether oxygens (including phenoxy) is 3. The molecular formula is C42H72NO9P. The van der Waals surface area contributed by atoms with Crippen molar-refractivity contribution in [2.75, 3.05) is 26.4 Å². The van der Waals surface area contributed by atoms with Gasteiger partial charge in [-0.15, -0.1) is 0 Å². The monoisotopic (exact) mass is 765 g/mol. The molecule has 1 rings (SSSR count). The number of nitrogens with two attached hydrogens (primary N) is 1. The number of carbonyl (C=O) groups excluding carboxylic acids is 2. The first-order chi connectivity index (χ1) is 25.8. The molecule has 1 aliphatic rings. The van der Waals surface area contributed by atoms with Crippen LogP contribution in [-0.2, 0) is 37.4 Å². The number of hydrogen-bond acceptors (Lipinski definition) is 9. The van der Waals surface area contributed by atoms with Crippen LogP contribution in [0, 0.1) is 0 Å². The van der Waals surface area contributed by atoms with Gasteiger partial charge in [-0.25, -0.2) is 4.57 Å². The summed E-state index contributed by atoms with van der Waals surface area (Å²) in [5.74, 6) is -0.934. The van der Waals surface area contributed by atoms with Gasteiger partial charge in [0.2, 0.25) is 0 Å². The average Bonchev–Trinajstić information content (AvgIpc) is 3.90. The lowest BCUT2D eigenvalue weighted by Crippen LogP contribution is -2.29. The van der Waals surface area contributed by atoms with E-state index in [1.165, 1.54) is 57.8 Å². The van der Waals surface area contributed by atoms with E-state index in [0.717, 1.165) is 57.8 Å². The Morgan fingerprint density at radius 2 is 1.21 bits per heavy atom. The van der Waals surface area contributed by atoms with Crippen LogP contribution in [0.1, 0.15) is 149 Å². The molecule has 0 aromatic rings. The molecule has 0 radical (unpaired) electrons. The SMILES string of the molecule is CC/C=C\CC1OC1C/C=C\C/C=C\C/C=C\C/C=C\CCC(=O)O[C@H](COC(=O)CCCCCCCCCCCCCC)COP(=O)(O)OCCN. The maximum absolute atomic E-state index is 12.5. The lowest BCUT2D eigenvalue weighted by Gasteiger charge is -2.19. The number of hydrogen-bond donors (Lipinski definition) is 2. The number of carbonyl (C=O) groups is 2. The van der Waals surface area contributed by atoms with E-state index in [1.807, 2.05) is 12.2 Å². The Hall–Kier alpha value is -2.33. The van der Waals surface area contributed by atoms with Crippen molar-refractivity contribution < 1.29 is 42.3 Å². The zero-order valence-electron chi connectivity index (χ0n) is 32.9. The normalized spacial score (nSPS) is 17.8. The van der Waals surface area contributed by atoms with Gasteiger partial charge < -0.3 is 24.8 Å². The van der Waals surface area contributed by atoms with Gasteiger partial charge in [-0.3, -0.25) is 18.6 Å². The van der Waals surface area contributed by atoms with Crippen molar-refractivity contribution >= 4 is 19.8 Å². The fourth-order valence-corrected chi connectivity index (χ4v) is 6.23. The van der Waals surface area contributed by atoms with Crippen LogP contribution in [-0.4, -0.2) is 61.5 Å². The van der Waals surface area contributed by atoms with Crippen molar-refractivity contribution in [3.05, 3.63) is 60.8 Å². The maximum atomic E-state index is 12.5. The molecule has 1 saturated heterocycles. The van der Waals surface area contributed by atoms with Crippen molar-refractivity contribution in [2.45, 2.75) is 167 Å². The predicted molar refractivity (Wildman–Crippen MR) is 214 cm³/mol. The molecule has 3 N–H and O–H groups in total. The summed E-state index contributed by atoms with van der Waals surface area (Å²) in [5.41, 5.74) is 5.33. The van der Waals surface area contributed by atoms with E-state index >= 15 is 0 Å². The molecule has 53 heavy (non-hydrogen) atoms. The molecule has 0 spiro atoms. The van der Waals surface area contributed by atoms with E-state index in [2.05, 4.69) is 62.5 Å². The summed E-state index contributed by atoms with van der Waals surface area (Å²) in [4.78, 5) is 34.7. The second-order valence-electron chi connectivity index (χ2n) is 13.5. The fraction of sp³-hybridized carbons (Fsp3) is 0.714. The molecule has 1 aliphatic heterocycles. The Morgan fingerprint density at radius 3 is 1.77 bits per heavy atom. The molecule has 11 heteroatoms. The topological polar surface area (TPSA) is 147 Å². The summed E-state index contributed by atoms with van der Waals surface area (Å²) in [6.45, 7) is 3.50. The van der Waals surface area contributed by atoms with Gasteiger partial charge in [-0.2, -0.15) is 0 Å². The Kier molecular flexibility index (Phi) is 31.4. The lowest BCUT2D eigenvalue weighted by molar-refractivity contribution is -0.161. The fourth-order valence-electron chi connectivity index (χ4n) is 5.47. The lowest BCUT2D eigenvalue weighted by atomic mass is 10.0. The highest BCUT2D eigenvalue weighted by molar-refractivity contribution is 7.47. The van der Waals surface area contributed by atoms with E-state index in [1.54, 1.807) is 0 Å². The highest BCUT2D eigenvalue weighted by Gasteiger charge is 2.36. The Balaban J connectivity index is 2.25. The number of allylic oxidation sites excluding steroid dienone is 8. The Bertz CT molecular complexity index is 1120. The minimum absolute atomic E-state index is 0.0384. The van der Waals surface area contributed by atoms with Crippen LogP contribution in [0.2, 0.25) is 0 Å². The molecule has 0 aromatic carbocycles. The molecule has 0 bridgehead atoms. The molecule has 1 heterocycles. The molecule has 0 aromatic heterocycles. The molecule has 0 aliphatic carbocycles. The summed E-state index contributed by atoms with van der Waals surface area (Å²) >= 11 is 0. The van der Waals surface area contributed by atoms with Crippen LogP contribution < -0.4 is 5.73 Å². The largest absolute Gasteiger partial charge is 0.472 e. The highest BCUT2D eigenvalue weighted by Crippen LogP contribution is 2.43. The third-order valence-corrected chi connectivity index (χ3v) is 9.57. The van der Waals surface area contributed by atoms with Crippen molar-refractivity contribution in [1.82, 2.24) is 0 Å². The molecule has 3 unspecified atom stereocenters. The van der Waals surface area contributed by atoms with Gasteiger partial charge >= 0.3 is 19.8 Å². The van der Waals surface area contributed by atoms with Gasteiger partial charge in [0.15, 0.2) is 6.10 Å². The van der Waals surface area contributed by atoms with Crippen LogP contribution in [0.3, 0.4) is 0 Å². The van der Waals surface area contributed by atoms with Crippen LogP contribution in [0.15, 0.2) is 60.8 Å². The van der Waals surface area contributed by atoms with Gasteiger partial charge in [-0.05, 0) is 51.4 Å². The smallest absolute Gasteiger partial charge is 0.462 e. The van der Waals surface area contributed by atoms with Crippen molar-refractivity contribution in [3.8, 4) is 0 Å². The molecule has 0 saturated carbocycles. The first-order valence-electron chi connectivity index (χ1n) is 20.4. The standard InChI is InChI=1S/C42H72NO9P/c1-3-5-7-8-9-10-11-15-18-21-24-28-32-41(44)48-36-38(37-50-53(46,47)49-35-34-43)51-42(45)33-29-25-22-19-16-13-12-14-17-20-23-27-31-40-39(52-40)30-26-6-4-2/h6,13-14,16-17,22-23,25-27,38-40H,3-5,7-12,15,18-21,24,28-37,43H2,1-2H3,(H,46,47)/b16-13-,17-14-,25-22-,26-6-,27-23-/t38-,39?,40?/m1/s1. The van der Waals surface area contributed by atoms with Gasteiger partial charge in [-0.1, -0.05) is 145 Å². The molecular weight excluding hydrogens is 693 g/mol. The second kappa shape index (κ2) is 34.2. The van der Waals surface area contributed by atoms with Crippen molar-refractivity contribution in [2.24, 2.45) is 5.73 Å². The minimum Gasteiger partial charge on any atom is -0.462 e. The third kappa shape index (κ3) is 31.7. The van der Waals surface area contributed by atoms with E-state index in [-0.39, 0.29) is 32.6 Å². The number of rotatable bonds is 36. The molecule has 4 atom stereocenters. The summed E-state index contributed by atoms with van der Waals surface area (Å²) < 4.78 is 38.3. The quantitative estimate of drug-likeness (QED) is 0.0208. The van der Waals surface area contributed by atoms with Gasteiger partial charge in [0, 0.05) is 19.4 Å². The molecule has 0 amide bonds. The Morgan fingerprint density at radius 1 is 0.679 bits per heavy atom. The first-order valence-corrected chi connectivity index (χ1v) is 21.9. The van der Waals surface area contributed by atoms with Gasteiger partial charge in [0.25, 0.3) is 0 Å². The number of epoxide rings is 1. The average molecular weight is 766 g/mol. The predicted octanol–water partition coefficient (Wildman–Crippen LogP) is 10.3. The number of phosphoric ester groups is 1. The van der Waals surface area contributed by atoms with Crippen molar-refractivity contribution in [3.63, 3.8) is 0 Å². The van der Waals surface area contributed by atoms with E-state index in [4.69, 9.17) is 29.0 Å². The van der Waals surface area contributed by atoms with Crippen LogP contribution in [0.25, 0.3) is 0 Å². The molecule has 304 valence electrons. The van der Waals surface area contributed by atoms with Crippen molar-refractivity contribution in [1.29, 1.82) is 0 Å². The zero-order valence-corrected chi connectivity index (χ0v) is 33.8. The summed E-state index contributed by atoms with van der Waals surface area (Å²) in [6, 6.07) is 0. The van der Waals surface area contributed by atoms with Crippen LogP contribution >= 0.6 is 7.82 Å². The number of phosphoric acid groups is 1. The van der Waals surface area contributed by atoms with Gasteiger partial charge in [0.05, 0.1) is 25.4 Å². The molecule has 10 nitrogen and oxygen atoms in total.